The number of phenols is 1. The highest BCUT2D eigenvalue weighted by molar-refractivity contribution is 6.34. The maximum atomic E-state index is 13.3. The van der Waals surface area contributed by atoms with E-state index in [4.69, 9.17) is 0 Å². The van der Waals surface area contributed by atoms with Crippen molar-refractivity contribution in [1.82, 2.24) is 0 Å². The monoisotopic (exact) mass is 332 g/mol. The molecule has 1 amide bonds. The number of benzene rings is 2. The quantitative estimate of drug-likeness (QED) is 0.852. The van der Waals surface area contributed by atoms with E-state index in [9.17, 15) is 23.1 Å². The van der Waals surface area contributed by atoms with Crippen LogP contribution in [0.3, 0.4) is 0 Å². The molecular weight excluding hydrogens is 321 g/mol. The Morgan fingerprint density at radius 1 is 1.04 bits per heavy atom. The van der Waals surface area contributed by atoms with E-state index in [1.807, 2.05) is 0 Å². The summed E-state index contributed by atoms with van der Waals surface area (Å²) in [6.45, 7) is 0. The maximum Gasteiger partial charge on any atom is 0.435 e. The van der Waals surface area contributed by atoms with Crippen molar-refractivity contribution in [1.29, 1.82) is 0 Å². The molecule has 1 aliphatic heterocycles. The van der Waals surface area contributed by atoms with Gasteiger partial charge in [-0.15, -0.1) is 0 Å². The van der Waals surface area contributed by atoms with Gasteiger partial charge in [-0.3, -0.25) is 4.79 Å². The summed E-state index contributed by atoms with van der Waals surface area (Å²) in [6.07, 6.45) is -3.71. The number of halogens is 3. The van der Waals surface area contributed by atoms with Crippen LogP contribution >= 0.6 is 0 Å². The summed E-state index contributed by atoms with van der Waals surface area (Å²) >= 11 is 0. The summed E-state index contributed by atoms with van der Waals surface area (Å²) in [6, 6.07) is 13.5. The molecule has 0 aliphatic carbocycles. The number of anilines is 1. The highest BCUT2D eigenvalue weighted by Gasteiger charge is 2.46. The normalized spacial score (nSPS) is 16.6. The maximum absolute atomic E-state index is 13.3. The van der Waals surface area contributed by atoms with Crippen molar-refractivity contribution in [2.45, 2.75) is 6.18 Å². The number of hydrogen-bond donors (Lipinski definition) is 1. The molecule has 2 aromatic carbocycles. The number of amides is 1. The third-order valence-corrected chi connectivity index (χ3v) is 3.33. The number of hydrogen-bond acceptors (Lipinski definition) is 3. The number of aromatic hydroxyl groups is 1. The van der Waals surface area contributed by atoms with Crippen molar-refractivity contribution in [2.75, 3.05) is 5.01 Å². The molecule has 0 spiro atoms. The Morgan fingerprint density at radius 2 is 1.75 bits per heavy atom. The summed E-state index contributed by atoms with van der Waals surface area (Å²) < 4.78 is 39.8. The summed E-state index contributed by atoms with van der Waals surface area (Å²) in [5.41, 5.74) is -1.33. The van der Waals surface area contributed by atoms with Crippen molar-refractivity contribution in [2.24, 2.45) is 5.10 Å². The van der Waals surface area contributed by atoms with E-state index < -0.39 is 23.4 Å². The van der Waals surface area contributed by atoms with Crippen LogP contribution in [0.1, 0.15) is 5.56 Å². The average molecular weight is 332 g/mol. The first-order valence-corrected chi connectivity index (χ1v) is 6.92. The van der Waals surface area contributed by atoms with E-state index in [2.05, 4.69) is 5.10 Å². The van der Waals surface area contributed by atoms with Crippen LogP contribution in [0, 0.1) is 0 Å². The van der Waals surface area contributed by atoms with E-state index in [0.717, 1.165) is 11.1 Å². The average Bonchev–Trinajstić information content (AvgIpc) is 2.85. The van der Waals surface area contributed by atoms with Gasteiger partial charge < -0.3 is 5.11 Å². The van der Waals surface area contributed by atoms with Crippen LogP contribution in [0.5, 0.6) is 5.75 Å². The minimum Gasteiger partial charge on any atom is -0.508 e. The zero-order chi connectivity index (χ0) is 17.3. The van der Waals surface area contributed by atoms with Gasteiger partial charge in [0.25, 0.3) is 5.91 Å². The van der Waals surface area contributed by atoms with Crippen LogP contribution in [-0.2, 0) is 4.79 Å². The molecule has 4 nitrogen and oxygen atoms in total. The molecule has 3 rings (SSSR count). The number of carbonyl (C=O) groups excluding carboxylic acids is 1. The Morgan fingerprint density at radius 3 is 2.38 bits per heavy atom. The Bertz CT molecular complexity index is 842. The largest absolute Gasteiger partial charge is 0.508 e. The molecule has 0 saturated heterocycles. The summed E-state index contributed by atoms with van der Waals surface area (Å²) in [5.74, 6) is -0.989. The van der Waals surface area contributed by atoms with Crippen LogP contribution < -0.4 is 5.01 Å². The lowest BCUT2D eigenvalue weighted by Crippen LogP contribution is -2.25. The molecule has 0 saturated carbocycles. The Balaban J connectivity index is 2.08. The van der Waals surface area contributed by atoms with Crippen molar-refractivity contribution in [3.63, 3.8) is 0 Å². The van der Waals surface area contributed by atoms with Crippen molar-refractivity contribution < 1.29 is 23.1 Å². The van der Waals surface area contributed by atoms with Gasteiger partial charge in [0.1, 0.15) is 5.75 Å². The van der Waals surface area contributed by atoms with E-state index in [1.165, 1.54) is 36.4 Å². The molecular formula is C17H11F3N2O2. The minimum atomic E-state index is -4.78. The molecule has 0 atom stereocenters. The first-order chi connectivity index (χ1) is 11.4. The van der Waals surface area contributed by atoms with Gasteiger partial charge in [-0.1, -0.05) is 30.3 Å². The lowest BCUT2D eigenvalue weighted by molar-refractivity contribution is -0.114. The number of alkyl halides is 3. The summed E-state index contributed by atoms with van der Waals surface area (Å²) in [7, 11) is 0. The van der Waals surface area contributed by atoms with Crippen LogP contribution in [0.25, 0.3) is 6.08 Å². The molecule has 1 heterocycles. The number of rotatable bonds is 2. The molecule has 122 valence electrons. The second-order valence-corrected chi connectivity index (χ2v) is 5.05. The molecule has 0 unspecified atom stereocenters. The number of nitrogens with zero attached hydrogens (tertiary/aromatic N) is 2. The number of para-hydroxylation sites is 1. The van der Waals surface area contributed by atoms with Gasteiger partial charge in [-0.05, 0) is 35.9 Å². The second-order valence-electron chi connectivity index (χ2n) is 5.05. The van der Waals surface area contributed by atoms with Crippen LogP contribution in [0.15, 0.2) is 65.3 Å². The molecule has 1 N–H and O–H groups in total. The van der Waals surface area contributed by atoms with Gasteiger partial charge in [-0.25, -0.2) is 0 Å². The third-order valence-electron chi connectivity index (χ3n) is 3.33. The van der Waals surface area contributed by atoms with Gasteiger partial charge >= 0.3 is 6.18 Å². The van der Waals surface area contributed by atoms with Crippen molar-refractivity contribution in [3.8, 4) is 5.75 Å². The van der Waals surface area contributed by atoms with Gasteiger partial charge in [0.2, 0.25) is 0 Å². The predicted octanol–water partition coefficient (Wildman–Crippen LogP) is 3.74. The molecule has 24 heavy (non-hydrogen) atoms. The molecule has 1 aliphatic rings. The Hall–Kier alpha value is -3.09. The lowest BCUT2D eigenvalue weighted by atomic mass is 10.1. The number of hydrazone groups is 1. The Kier molecular flexibility index (Phi) is 3.84. The van der Waals surface area contributed by atoms with Gasteiger partial charge in [0.15, 0.2) is 5.71 Å². The second kappa shape index (κ2) is 5.84. The number of phenolic OH excluding ortho intramolecular Hbond substituents is 1. The predicted molar refractivity (Wildman–Crippen MR) is 83.5 cm³/mol. The van der Waals surface area contributed by atoms with Crippen molar-refractivity contribution in [3.05, 3.63) is 65.7 Å². The van der Waals surface area contributed by atoms with E-state index in [-0.39, 0.29) is 17.0 Å². The topological polar surface area (TPSA) is 52.9 Å². The van der Waals surface area contributed by atoms with Gasteiger partial charge in [0, 0.05) is 0 Å². The molecule has 0 fully saturated rings. The molecule has 2 aromatic rings. The fraction of sp³-hybridized carbons (Fsp3) is 0.0588. The fourth-order valence-electron chi connectivity index (χ4n) is 2.28. The standard InChI is InChI=1S/C17H11F3N2O2/c18-17(19,20)15-14(10-11-5-4-8-13(23)9-11)16(24)22(21-15)12-6-2-1-3-7-12/h1-10,23H/b14-10-. The van der Waals surface area contributed by atoms with Crippen molar-refractivity contribution >= 4 is 23.4 Å². The molecule has 0 aromatic heterocycles. The highest BCUT2D eigenvalue weighted by atomic mass is 19.4. The minimum absolute atomic E-state index is 0.111. The van der Waals surface area contributed by atoms with Gasteiger partial charge in [-0.2, -0.15) is 23.3 Å². The van der Waals surface area contributed by atoms with E-state index in [0.29, 0.717) is 0 Å². The number of carbonyl (C=O) groups is 1. The molecule has 0 bridgehead atoms. The zero-order valence-electron chi connectivity index (χ0n) is 12.2. The van der Waals surface area contributed by atoms with E-state index >= 15 is 0 Å². The lowest BCUT2D eigenvalue weighted by Gasteiger charge is -2.10. The zero-order valence-corrected chi connectivity index (χ0v) is 12.2. The SMILES string of the molecule is O=C1/C(=C\c2cccc(O)c2)C(C(F)(F)F)=NN1c1ccccc1. The molecule has 0 radical (unpaired) electrons. The van der Waals surface area contributed by atoms with E-state index in [1.54, 1.807) is 18.2 Å². The molecule has 7 heteroatoms. The Labute approximate surface area is 135 Å². The highest BCUT2D eigenvalue weighted by Crippen LogP contribution is 2.32. The van der Waals surface area contributed by atoms with Gasteiger partial charge in [0.05, 0.1) is 11.3 Å². The van der Waals surface area contributed by atoms with Crippen LogP contribution in [-0.4, -0.2) is 22.9 Å². The van der Waals surface area contributed by atoms with Crippen LogP contribution in [0.2, 0.25) is 0 Å². The smallest absolute Gasteiger partial charge is 0.435 e. The van der Waals surface area contributed by atoms with Crippen LogP contribution in [0.4, 0.5) is 18.9 Å². The summed E-state index contributed by atoms with van der Waals surface area (Å²) in [5, 5.41) is 13.6. The fourth-order valence-corrected chi connectivity index (χ4v) is 2.28. The third kappa shape index (κ3) is 3.01. The first kappa shape index (κ1) is 15.8. The summed E-state index contributed by atoms with van der Waals surface area (Å²) in [4.78, 5) is 12.4. The first-order valence-electron chi connectivity index (χ1n) is 6.92.